The summed E-state index contributed by atoms with van der Waals surface area (Å²) in [5.74, 6) is -1.46. The van der Waals surface area contributed by atoms with E-state index < -0.39 is 25.9 Å². The molecule has 4 N–H and O–H groups in total. The smallest absolute Gasteiger partial charge is 0.471 e. The van der Waals surface area contributed by atoms with E-state index in [1.807, 2.05) is 0 Å². The lowest BCUT2D eigenvalue weighted by Crippen LogP contribution is -2.35. The van der Waals surface area contributed by atoms with Gasteiger partial charge in [0.05, 0.1) is 0 Å². The van der Waals surface area contributed by atoms with E-state index in [2.05, 4.69) is 9.84 Å². The van der Waals surface area contributed by atoms with E-state index in [9.17, 15) is 14.2 Å². The van der Waals surface area contributed by atoms with Crippen molar-refractivity contribution in [3.8, 4) is 0 Å². The Morgan fingerprint density at radius 2 is 2.00 bits per heavy atom. The Morgan fingerprint density at radius 1 is 1.41 bits per heavy atom. The molecule has 0 heterocycles. The number of aliphatic carboxylic acids is 1. The standard InChI is InChI=1S/C8H16NO7P/c1-2-6(10)9-7(16-17(13,14)15)4-3-5-8(11)12/h7H,2-5H2,1H3,(H,9,10)(H,11,12)(H2,13,14,15). The molecule has 0 aliphatic carbocycles. The third-order valence-corrected chi connectivity index (χ3v) is 2.29. The van der Waals surface area contributed by atoms with E-state index in [0.29, 0.717) is 0 Å². The van der Waals surface area contributed by atoms with Gasteiger partial charge in [0.15, 0.2) is 0 Å². The summed E-state index contributed by atoms with van der Waals surface area (Å²) < 4.78 is 14.9. The number of amides is 1. The summed E-state index contributed by atoms with van der Waals surface area (Å²) in [7, 11) is -4.71. The number of phosphoric acid groups is 1. The molecule has 1 unspecified atom stereocenters. The second-order valence-corrected chi connectivity index (χ2v) is 4.48. The highest BCUT2D eigenvalue weighted by atomic mass is 31.2. The summed E-state index contributed by atoms with van der Waals surface area (Å²) in [6.07, 6.45) is -1.04. The minimum atomic E-state index is -4.71. The number of carboxylic acid groups (broad SMARTS) is 1. The van der Waals surface area contributed by atoms with Gasteiger partial charge in [-0.2, -0.15) is 0 Å². The summed E-state index contributed by atoms with van der Waals surface area (Å²) in [6.45, 7) is 1.57. The van der Waals surface area contributed by atoms with Crippen LogP contribution in [0.4, 0.5) is 0 Å². The van der Waals surface area contributed by atoms with Gasteiger partial charge in [0.1, 0.15) is 6.23 Å². The van der Waals surface area contributed by atoms with E-state index in [0.717, 1.165) is 0 Å². The molecule has 0 fully saturated rings. The van der Waals surface area contributed by atoms with Gasteiger partial charge in [0, 0.05) is 12.8 Å². The molecule has 0 radical (unpaired) electrons. The Bertz CT molecular complexity index is 313. The first-order valence-electron chi connectivity index (χ1n) is 4.99. The van der Waals surface area contributed by atoms with Crippen molar-refractivity contribution in [1.29, 1.82) is 0 Å². The average Bonchev–Trinajstić information content (AvgIpc) is 2.14. The fourth-order valence-electron chi connectivity index (χ4n) is 1.04. The highest BCUT2D eigenvalue weighted by Crippen LogP contribution is 2.37. The van der Waals surface area contributed by atoms with Gasteiger partial charge in [-0.1, -0.05) is 6.92 Å². The Hall–Kier alpha value is -0.950. The van der Waals surface area contributed by atoms with Crippen LogP contribution in [0, 0.1) is 0 Å². The minimum absolute atomic E-state index is 0.0170. The average molecular weight is 269 g/mol. The predicted octanol–water partition coefficient (Wildman–Crippen LogP) is 0.203. The maximum absolute atomic E-state index is 11.0. The lowest BCUT2D eigenvalue weighted by atomic mass is 10.2. The third-order valence-electron chi connectivity index (χ3n) is 1.76. The van der Waals surface area contributed by atoms with Crippen molar-refractivity contribution in [3.63, 3.8) is 0 Å². The lowest BCUT2D eigenvalue weighted by Gasteiger charge is -2.18. The number of hydrogen-bond acceptors (Lipinski definition) is 4. The van der Waals surface area contributed by atoms with E-state index in [4.69, 9.17) is 14.9 Å². The first kappa shape index (κ1) is 16.1. The molecule has 0 spiro atoms. The normalized spacial score (nSPS) is 13.1. The summed E-state index contributed by atoms with van der Waals surface area (Å²) in [4.78, 5) is 38.5. The van der Waals surface area contributed by atoms with E-state index in [-0.39, 0.29) is 25.7 Å². The van der Waals surface area contributed by atoms with Gasteiger partial charge in [-0.05, 0) is 12.8 Å². The number of phosphoric ester groups is 1. The maximum Gasteiger partial charge on any atom is 0.471 e. The molecule has 0 aliphatic heterocycles. The Balaban J connectivity index is 4.25. The number of rotatable bonds is 8. The largest absolute Gasteiger partial charge is 0.481 e. The quantitative estimate of drug-likeness (QED) is 0.365. The Labute approximate surface area is 98.2 Å². The lowest BCUT2D eigenvalue weighted by molar-refractivity contribution is -0.137. The highest BCUT2D eigenvalue weighted by Gasteiger charge is 2.23. The van der Waals surface area contributed by atoms with Crippen LogP contribution in [0.25, 0.3) is 0 Å². The van der Waals surface area contributed by atoms with Crippen LogP contribution in [0.15, 0.2) is 0 Å². The number of hydrogen-bond donors (Lipinski definition) is 4. The van der Waals surface area contributed by atoms with E-state index >= 15 is 0 Å². The first-order valence-corrected chi connectivity index (χ1v) is 6.52. The molecule has 8 nitrogen and oxygen atoms in total. The molecule has 0 saturated carbocycles. The van der Waals surface area contributed by atoms with Gasteiger partial charge in [0.2, 0.25) is 5.91 Å². The molecule has 1 atom stereocenters. The molecule has 0 saturated heterocycles. The van der Waals surface area contributed by atoms with Crippen molar-refractivity contribution < 1.29 is 33.6 Å². The van der Waals surface area contributed by atoms with Crippen LogP contribution in [-0.4, -0.2) is 33.0 Å². The molecule has 0 aliphatic rings. The number of carbonyl (C=O) groups is 2. The summed E-state index contributed by atoms with van der Waals surface area (Å²) >= 11 is 0. The molecule has 0 bridgehead atoms. The fourth-order valence-corrected chi connectivity index (χ4v) is 1.53. The molecule has 0 aromatic heterocycles. The minimum Gasteiger partial charge on any atom is -0.481 e. The molecule has 1 amide bonds. The van der Waals surface area contributed by atoms with Crippen LogP contribution < -0.4 is 5.32 Å². The number of nitrogens with one attached hydrogen (secondary N) is 1. The number of carbonyl (C=O) groups excluding carboxylic acids is 1. The van der Waals surface area contributed by atoms with Crippen LogP contribution in [-0.2, 0) is 18.7 Å². The van der Waals surface area contributed by atoms with E-state index in [1.54, 1.807) is 6.92 Å². The second kappa shape index (κ2) is 7.39. The van der Waals surface area contributed by atoms with Crippen molar-refractivity contribution >= 4 is 19.7 Å². The van der Waals surface area contributed by atoms with Gasteiger partial charge < -0.3 is 20.2 Å². The monoisotopic (exact) mass is 269 g/mol. The topological polar surface area (TPSA) is 133 Å². The zero-order chi connectivity index (χ0) is 13.5. The van der Waals surface area contributed by atoms with Gasteiger partial charge in [0.25, 0.3) is 0 Å². The Morgan fingerprint density at radius 3 is 2.41 bits per heavy atom. The SMILES string of the molecule is CCC(=O)NC(CCCC(=O)O)OP(=O)(O)O. The van der Waals surface area contributed by atoms with Gasteiger partial charge in [-0.15, -0.1) is 0 Å². The van der Waals surface area contributed by atoms with Crippen LogP contribution >= 0.6 is 7.82 Å². The Kier molecular flexibility index (Phi) is 6.98. The van der Waals surface area contributed by atoms with Crippen LogP contribution in [0.3, 0.4) is 0 Å². The van der Waals surface area contributed by atoms with Crippen molar-refractivity contribution in [2.24, 2.45) is 0 Å². The molecule has 0 rings (SSSR count). The summed E-state index contributed by atoms with van der Waals surface area (Å²) in [5, 5.41) is 10.7. The maximum atomic E-state index is 11.0. The second-order valence-electron chi connectivity index (χ2n) is 3.29. The van der Waals surface area contributed by atoms with Crippen LogP contribution in [0.1, 0.15) is 32.6 Å². The molecule has 0 aromatic carbocycles. The van der Waals surface area contributed by atoms with Gasteiger partial charge in [-0.25, -0.2) is 4.57 Å². The zero-order valence-corrected chi connectivity index (χ0v) is 10.2. The fraction of sp³-hybridized carbons (Fsp3) is 0.750. The molecular formula is C8H16NO7P. The zero-order valence-electron chi connectivity index (χ0n) is 9.33. The van der Waals surface area contributed by atoms with Crippen molar-refractivity contribution in [3.05, 3.63) is 0 Å². The number of carboxylic acids is 1. The summed E-state index contributed by atoms with van der Waals surface area (Å²) in [6, 6.07) is 0. The van der Waals surface area contributed by atoms with Gasteiger partial charge in [-0.3, -0.25) is 14.1 Å². The van der Waals surface area contributed by atoms with Crippen molar-refractivity contribution in [1.82, 2.24) is 5.32 Å². The van der Waals surface area contributed by atoms with E-state index in [1.165, 1.54) is 0 Å². The molecular weight excluding hydrogens is 253 g/mol. The molecule has 0 aromatic rings. The third kappa shape index (κ3) is 9.95. The van der Waals surface area contributed by atoms with Crippen molar-refractivity contribution in [2.45, 2.75) is 38.8 Å². The molecule has 17 heavy (non-hydrogen) atoms. The summed E-state index contributed by atoms with van der Waals surface area (Å²) in [5.41, 5.74) is 0. The van der Waals surface area contributed by atoms with Gasteiger partial charge >= 0.3 is 13.8 Å². The van der Waals surface area contributed by atoms with Crippen LogP contribution in [0.2, 0.25) is 0 Å². The highest BCUT2D eigenvalue weighted by molar-refractivity contribution is 7.46. The van der Waals surface area contributed by atoms with Crippen molar-refractivity contribution in [2.75, 3.05) is 0 Å². The van der Waals surface area contributed by atoms with Crippen LogP contribution in [0.5, 0.6) is 0 Å². The first-order chi connectivity index (χ1) is 7.74. The molecule has 100 valence electrons. The predicted molar refractivity (Wildman–Crippen MR) is 56.8 cm³/mol. The molecule has 9 heteroatoms.